The number of anilines is 2. The van der Waals surface area contributed by atoms with E-state index in [1.165, 1.54) is 24.5 Å². The van der Waals surface area contributed by atoms with Gasteiger partial charge >= 0.3 is 0 Å². The van der Waals surface area contributed by atoms with Gasteiger partial charge in [-0.1, -0.05) is 11.6 Å². The fourth-order valence-electron chi connectivity index (χ4n) is 2.18. The molecular formula is C15H14ClFN4O2. The SMILES string of the molecule is O=C(Nc1cnc(N2CCOCC2)nc1)c1cc(F)ccc1Cl. The molecule has 2 heterocycles. The van der Waals surface area contributed by atoms with Gasteiger partial charge < -0.3 is 15.0 Å². The number of morpholine rings is 1. The number of nitrogens with one attached hydrogen (secondary N) is 1. The Hall–Kier alpha value is -2.25. The van der Waals surface area contributed by atoms with E-state index in [2.05, 4.69) is 15.3 Å². The van der Waals surface area contributed by atoms with Gasteiger partial charge in [-0.15, -0.1) is 0 Å². The number of rotatable bonds is 3. The number of aromatic nitrogens is 2. The number of halogens is 2. The number of hydrogen-bond donors (Lipinski definition) is 1. The topological polar surface area (TPSA) is 67.4 Å². The highest BCUT2D eigenvalue weighted by atomic mass is 35.5. The second-order valence-electron chi connectivity index (χ2n) is 4.95. The lowest BCUT2D eigenvalue weighted by Gasteiger charge is -2.26. The van der Waals surface area contributed by atoms with E-state index in [0.29, 0.717) is 24.8 Å². The van der Waals surface area contributed by atoms with Crippen molar-refractivity contribution in [2.45, 2.75) is 0 Å². The molecule has 0 atom stereocenters. The summed E-state index contributed by atoms with van der Waals surface area (Å²) >= 11 is 5.91. The molecule has 1 fully saturated rings. The molecule has 1 aromatic heterocycles. The number of benzene rings is 1. The lowest BCUT2D eigenvalue weighted by molar-refractivity contribution is 0.102. The highest BCUT2D eigenvalue weighted by Crippen LogP contribution is 2.19. The van der Waals surface area contributed by atoms with E-state index in [0.717, 1.165) is 19.2 Å². The predicted molar refractivity (Wildman–Crippen MR) is 84.4 cm³/mol. The summed E-state index contributed by atoms with van der Waals surface area (Å²) in [5.41, 5.74) is 0.469. The van der Waals surface area contributed by atoms with Crippen molar-refractivity contribution in [3.8, 4) is 0 Å². The number of amides is 1. The van der Waals surface area contributed by atoms with Crippen molar-refractivity contribution >= 4 is 29.1 Å². The molecule has 6 nitrogen and oxygen atoms in total. The van der Waals surface area contributed by atoms with Crippen LogP contribution in [0.25, 0.3) is 0 Å². The Morgan fingerprint density at radius 1 is 1.26 bits per heavy atom. The van der Waals surface area contributed by atoms with E-state index in [9.17, 15) is 9.18 Å². The second-order valence-corrected chi connectivity index (χ2v) is 5.36. The van der Waals surface area contributed by atoms with Gasteiger partial charge in [0.15, 0.2) is 0 Å². The fourth-order valence-corrected chi connectivity index (χ4v) is 2.39. The van der Waals surface area contributed by atoms with Crippen molar-refractivity contribution in [1.82, 2.24) is 9.97 Å². The van der Waals surface area contributed by atoms with Crippen LogP contribution in [0.4, 0.5) is 16.0 Å². The highest BCUT2D eigenvalue weighted by molar-refractivity contribution is 6.34. The third kappa shape index (κ3) is 3.75. The van der Waals surface area contributed by atoms with E-state index in [1.807, 2.05) is 4.90 Å². The van der Waals surface area contributed by atoms with Crippen LogP contribution in [0.1, 0.15) is 10.4 Å². The average Bonchev–Trinajstić information content (AvgIpc) is 2.58. The smallest absolute Gasteiger partial charge is 0.257 e. The molecule has 0 radical (unpaired) electrons. The summed E-state index contributed by atoms with van der Waals surface area (Å²) in [7, 11) is 0. The molecule has 1 aliphatic rings. The van der Waals surface area contributed by atoms with Gasteiger partial charge in [0, 0.05) is 13.1 Å². The summed E-state index contributed by atoms with van der Waals surface area (Å²) in [6.07, 6.45) is 3.01. The van der Waals surface area contributed by atoms with Crippen molar-refractivity contribution in [2.24, 2.45) is 0 Å². The zero-order chi connectivity index (χ0) is 16.2. The van der Waals surface area contributed by atoms with E-state index >= 15 is 0 Å². The third-order valence-corrected chi connectivity index (χ3v) is 3.69. The number of carbonyl (C=O) groups excluding carboxylic acids is 1. The average molecular weight is 337 g/mol. The molecule has 0 saturated carbocycles. The lowest BCUT2D eigenvalue weighted by Crippen LogP contribution is -2.37. The number of hydrogen-bond acceptors (Lipinski definition) is 5. The molecule has 1 N–H and O–H groups in total. The Kier molecular flexibility index (Phi) is 4.68. The van der Waals surface area contributed by atoms with Crippen LogP contribution in [-0.4, -0.2) is 42.2 Å². The van der Waals surface area contributed by atoms with Crippen LogP contribution in [0.15, 0.2) is 30.6 Å². The number of ether oxygens (including phenoxy) is 1. The first kappa shape index (κ1) is 15.6. The quantitative estimate of drug-likeness (QED) is 0.932. The molecule has 1 aliphatic heterocycles. The van der Waals surface area contributed by atoms with Crippen molar-refractivity contribution < 1.29 is 13.9 Å². The molecule has 3 rings (SSSR count). The van der Waals surface area contributed by atoms with Crippen LogP contribution in [0, 0.1) is 5.82 Å². The molecule has 0 aliphatic carbocycles. The summed E-state index contributed by atoms with van der Waals surface area (Å²) < 4.78 is 18.5. The minimum atomic E-state index is -0.529. The van der Waals surface area contributed by atoms with Crippen molar-refractivity contribution in [1.29, 1.82) is 0 Å². The fraction of sp³-hybridized carbons (Fsp3) is 0.267. The minimum absolute atomic E-state index is 0.0592. The first-order chi connectivity index (χ1) is 11.1. The van der Waals surface area contributed by atoms with Crippen LogP contribution in [-0.2, 0) is 4.74 Å². The van der Waals surface area contributed by atoms with Crippen molar-refractivity contribution in [3.63, 3.8) is 0 Å². The summed E-state index contributed by atoms with van der Waals surface area (Å²) in [6, 6.07) is 3.61. The largest absolute Gasteiger partial charge is 0.378 e. The van der Waals surface area contributed by atoms with Crippen LogP contribution in [0.2, 0.25) is 5.02 Å². The summed E-state index contributed by atoms with van der Waals surface area (Å²) in [6.45, 7) is 2.73. The molecular weight excluding hydrogens is 323 g/mol. The van der Waals surface area contributed by atoms with Crippen molar-refractivity contribution in [2.75, 3.05) is 36.5 Å². The van der Waals surface area contributed by atoms with Crippen LogP contribution in [0.5, 0.6) is 0 Å². The lowest BCUT2D eigenvalue weighted by atomic mass is 10.2. The standard InChI is InChI=1S/C15H14ClFN4O2/c16-13-2-1-10(17)7-12(13)14(22)20-11-8-18-15(19-9-11)21-3-5-23-6-4-21/h1-2,7-9H,3-6H2,(H,20,22). The molecule has 23 heavy (non-hydrogen) atoms. The minimum Gasteiger partial charge on any atom is -0.378 e. The maximum Gasteiger partial charge on any atom is 0.257 e. The van der Waals surface area contributed by atoms with Gasteiger partial charge in [-0.3, -0.25) is 4.79 Å². The van der Waals surface area contributed by atoms with E-state index in [-0.39, 0.29) is 10.6 Å². The molecule has 0 bridgehead atoms. The van der Waals surface area contributed by atoms with Gasteiger partial charge in [-0.25, -0.2) is 14.4 Å². The molecule has 1 saturated heterocycles. The monoisotopic (exact) mass is 336 g/mol. The van der Waals surface area contributed by atoms with E-state index in [1.54, 1.807) is 0 Å². The first-order valence-electron chi connectivity index (χ1n) is 7.04. The van der Waals surface area contributed by atoms with Gasteiger partial charge in [0.05, 0.1) is 41.9 Å². The van der Waals surface area contributed by atoms with Crippen molar-refractivity contribution in [3.05, 3.63) is 47.0 Å². The molecule has 1 amide bonds. The van der Waals surface area contributed by atoms with Gasteiger partial charge in [0.2, 0.25) is 5.95 Å². The number of nitrogens with zero attached hydrogens (tertiary/aromatic N) is 3. The summed E-state index contributed by atoms with van der Waals surface area (Å²) in [5, 5.41) is 2.77. The number of carbonyl (C=O) groups is 1. The van der Waals surface area contributed by atoms with Gasteiger partial charge in [-0.05, 0) is 18.2 Å². The zero-order valence-electron chi connectivity index (χ0n) is 12.1. The molecule has 8 heteroatoms. The molecule has 0 spiro atoms. The third-order valence-electron chi connectivity index (χ3n) is 3.36. The molecule has 1 aromatic carbocycles. The predicted octanol–water partition coefficient (Wildman–Crippen LogP) is 2.36. The summed E-state index contributed by atoms with van der Waals surface area (Å²) in [5.74, 6) is -0.467. The maximum absolute atomic E-state index is 13.2. The second kappa shape index (κ2) is 6.89. The van der Waals surface area contributed by atoms with Crippen LogP contribution < -0.4 is 10.2 Å². The highest BCUT2D eigenvalue weighted by Gasteiger charge is 2.15. The van der Waals surface area contributed by atoms with Gasteiger partial charge in [-0.2, -0.15) is 0 Å². The molecule has 120 valence electrons. The Morgan fingerprint density at radius 2 is 1.96 bits per heavy atom. The first-order valence-corrected chi connectivity index (χ1v) is 7.42. The van der Waals surface area contributed by atoms with E-state index in [4.69, 9.17) is 16.3 Å². The summed E-state index contributed by atoms with van der Waals surface area (Å²) in [4.78, 5) is 22.6. The molecule has 0 unspecified atom stereocenters. The van der Waals surface area contributed by atoms with E-state index < -0.39 is 11.7 Å². The van der Waals surface area contributed by atoms with Crippen LogP contribution >= 0.6 is 11.6 Å². The Balaban J connectivity index is 1.70. The Labute approximate surface area is 137 Å². The van der Waals surface area contributed by atoms with Crippen LogP contribution in [0.3, 0.4) is 0 Å². The normalized spacial score (nSPS) is 14.6. The van der Waals surface area contributed by atoms with Gasteiger partial charge in [0.1, 0.15) is 5.82 Å². The molecule has 2 aromatic rings. The Morgan fingerprint density at radius 3 is 2.65 bits per heavy atom. The Bertz CT molecular complexity index is 705. The van der Waals surface area contributed by atoms with Gasteiger partial charge in [0.25, 0.3) is 5.91 Å². The maximum atomic E-state index is 13.2. The zero-order valence-corrected chi connectivity index (χ0v) is 12.9.